The number of ether oxygens (including phenoxy) is 5. The quantitative estimate of drug-likeness (QED) is 0.0580. The van der Waals surface area contributed by atoms with Crippen molar-refractivity contribution in [2.45, 2.75) is 200 Å². The SMILES string of the molecule is CCCCOP(C)(=O)O[C@@H]1CCC(C[C@@H](C)[C@@H]2CC(=O)[C@H](C)/C=C(\C)[C@@H](O)[C@@H](OC)C(=O)[C@H](C)C[C@H](C)/C=C/C=C/C=C(\C)[C@@H](OC)C[C@@H]3CC[C@@H](CO)[C@@](C)(O3)C(=O)C(=O)N3CCCC[C@H]3C(=O)O2)C[C@H]1OC. The number of Topliss-reactive ketones (excluding diaryl/α,β-unsaturated/α-hetero) is 3. The number of aliphatic hydroxyl groups excluding tert-OH is 2. The van der Waals surface area contributed by atoms with E-state index in [-0.39, 0.29) is 67.5 Å². The highest BCUT2D eigenvalue weighted by molar-refractivity contribution is 7.53. The average Bonchev–Trinajstić information content (AvgIpc) is 3.37. The summed E-state index contributed by atoms with van der Waals surface area (Å²) in [4.78, 5) is 73.3. The van der Waals surface area contributed by atoms with E-state index in [4.69, 9.17) is 32.7 Å². The average molecular weight is 1060 g/mol. The molecule has 0 aromatic rings. The van der Waals surface area contributed by atoms with E-state index in [0.717, 1.165) is 18.4 Å². The van der Waals surface area contributed by atoms with Crippen LogP contribution in [0.3, 0.4) is 0 Å². The van der Waals surface area contributed by atoms with Gasteiger partial charge in [-0.1, -0.05) is 77.5 Å². The molecule has 16 nitrogen and oxygen atoms in total. The van der Waals surface area contributed by atoms with Crippen LogP contribution in [-0.2, 0) is 61.3 Å². The molecule has 0 spiro atoms. The van der Waals surface area contributed by atoms with Crippen LogP contribution in [-0.4, -0.2) is 146 Å². The molecule has 1 saturated carbocycles. The summed E-state index contributed by atoms with van der Waals surface area (Å²) < 4.78 is 55.3. The number of carbonyl (C=O) groups is 5. The summed E-state index contributed by atoms with van der Waals surface area (Å²) in [6.45, 7) is 16.2. The summed E-state index contributed by atoms with van der Waals surface area (Å²) in [6.07, 6.45) is 13.1. The van der Waals surface area contributed by atoms with Gasteiger partial charge in [-0.2, -0.15) is 0 Å². The molecule has 4 aliphatic rings. The second kappa shape index (κ2) is 30.1. The molecule has 1 aliphatic carbocycles. The van der Waals surface area contributed by atoms with Gasteiger partial charge in [0.15, 0.2) is 5.78 Å². The monoisotopic (exact) mass is 1060 g/mol. The molecule has 2 bridgehead atoms. The van der Waals surface area contributed by atoms with E-state index < -0.39 is 85.2 Å². The summed E-state index contributed by atoms with van der Waals surface area (Å²) >= 11 is 0. The molecule has 0 aromatic carbocycles. The van der Waals surface area contributed by atoms with Crippen LogP contribution >= 0.6 is 7.60 Å². The van der Waals surface area contributed by atoms with Gasteiger partial charge < -0.3 is 47.8 Å². The Balaban J connectivity index is 1.70. The maximum atomic E-state index is 14.6. The topological polar surface area (TPSA) is 211 Å². The molecule has 4 rings (SSSR count). The molecule has 2 N–H and O–H groups in total. The van der Waals surface area contributed by atoms with Gasteiger partial charge >= 0.3 is 13.6 Å². The molecule has 3 fully saturated rings. The van der Waals surface area contributed by atoms with E-state index in [2.05, 4.69) is 0 Å². The lowest BCUT2D eigenvalue weighted by Crippen LogP contribution is -2.60. The summed E-state index contributed by atoms with van der Waals surface area (Å²) in [7, 11) is 1.23. The van der Waals surface area contributed by atoms with Crippen molar-refractivity contribution in [2.75, 3.05) is 47.8 Å². The molecule has 0 aromatic heterocycles. The second-order valence-corrected chi connectivity index (χ2v) is 24.0. The third-order valence-corrected chi connectivity index (χ3v) is 17.3. The smallest absolute Gasteiger partial charge is 0.329 e. The van der Waals surface area contributed by atoms with E-state index in [0.29, 0.717) is 76.4 Å². The number of rotatable bonds is 13. The number of cyclic esters (lactones) is 1. The third-order valence-electron chi connectivity index (χ3n) is 16.0. The fraction of sp³-hybridized carbons (Fsp3) is 0.772. The third kappa shape index (κ3) is 17.7. The molecule has 74 heavy (non-hydrogen) atoms. The number of allylic oxidation sites excluding steroid dienone is 6. The van der Waals surface area contributed by atoms with Crippen molar-refractivity contribution in [2.24, 2.45) is 35.5 Å². The predicted octanol–water partition coefficient (Wildman–Crippen LogP) is 8.89. The van der Waals surface area contributed by atoms with Crippen molar-refractivity contribution in [3.05, 3.63) is 47.6 Å². The molecule has 420 valence electrons. The molecule has 17 heteroatoms. The van der Waals surface area contributed by atoms with Crippen LogP contribution in [0.4, 0.5) is 0 Å². The number of unbranched alkanes of at least 4 members (excludes halogenated alkanes) is 1. The Morgan fingerprint density at radius 3 is 2.28 bits per heavy atom. The van der Waals surface area contributed by atoms with Crippen LogP contribution in [0.1, 0.15) is 145 Å². The van der Waals surface area contributed by atoms with Crippen LogP contribution < -0.4 is 0 Å². The van der Waals surface area contributed by atoms with Gasteiger partial charge in [0.2, 0.25) is 0 Å². The highest BCUT2D eigenvalue weighted by Crippen LogP contribution is 2.49. The van der Waals surface area contributed by atoms with E-state index in [1.54, 1.807) is 41.1 Å². The Bertz CT molecular complexity index is 2040. The number of esters is 1. The maximum absolute atomic E-state index is 14.6. The molecule has 0 radical (unpaired) electrons. The molecule has 2 unspecified atom stereocenters. The highest BCUT2D eigenvalue weighted by Gasteiger charge is 2.52. The standard InChI is InChI=1S/C57H92NO15P/c1-13-14-28-70-74(12,66)73-47-26-23-42(32-50(47)68-10)31-39(5)49-34-46(60)38(4)30-41(7)52(62)53(69-11)51(61)40(6)29-36(2)20-16-15-17-21-37(3)48(67-9)33-44-25-24-43(35-59)57(8,72-44)54(63)55(64)58-27-19-18-22-45(58)56(65)71-49/h15-17,20-21,30,36,38-40,42-45,47-50,52-53,59,62H,13-14,18-19,22-29,31-35H2,1-12H3/b17-15+,20-16+,37-21+,41-30+/t36-,38-,39-,40-,42?,43+,44+,45+,47-,48+,49+,50-,52-,53+,57-,74?/m1/s1. The van der Waals surface area contributed by atoms with Crippen molar-refractivity contribution in [1.82, 2.24) is 4.90 Å². The first-order valence-corrected chi connectivity index (χ1v) is 29.3. The van der Waals surface area contributed by atoms with Gasteiger partial charge in [0, 0.05) is 71.7 Å². The van der Waals surface area contributed by atoms with E-state index >= 15 is 0 Å². The Morgan fingerprint density at radius 1 is 0.892 bits per heavy atom. The normalized spacial score (nSPS) is 37.8. The lowest BCUT2D eigenvalue weighted by atomic mass is 9.77. The summed E-state index contributed by atoms with van der Waals surface area (Å²) in [5, 5.41) is 22.1. The van der Waals surface area contributed by atoms with Crippen LogP contribution in [0.2, 0.25) is 0 Å². The molecule has 3 aliphatic heterocycles. The minimum Gasteiger partial charge on any atom is -0.460 e. The lowest BCUT2D eigenvalue weighted by Gasteiger charge is -2.44. The number of hydrogen-bond acceptors (Lipinski definition) is 15. The van der Waals surface area contributed by atoms with Crippen LogP contribution in [0, 0.1) is 35.5 Å². The molecular weight excluding hydrogens is 970 g/mol. The van der Waals surface area contributed by atoms with Gasteiger partial charge in [-0.15, -0.1) is 0 Å². The summed E-state index contributed by atoms with van der Waals surface area (Å²) in [5.74, 6) is -5.22. The van der Waals surface area contributed by atoms with Crippen molar-refractivity contribution in [3.8, 4) is 0 Å². The number of fused-ring (bicyclic) bond motifs is 3. The number of amides is 1. The van der Waals surface area contributed by atoms with E-state index in [1.807, 2.05) is 65.0 Å². The molecular formula is C57H92NO15P. The van der Waals surface area contributed by atoms with Crippen LogP contribution in [0.25, 0.3) is 0 Å². The zero-order valence-corrected chi connectivity index (χ0v) is 47.6. The largest absolute Gasteiger partial charge is 0.460 e. The van der Waals surface area contributed by atoms with Crippen molar-refractivity contribution >= 4 is 36.8 Å². The number of ketones is 3. The Kier molecular flexibility index (Phi) is 25.8. The summed E-state index contributed by atoms with van der Waals surface area (Å²) in [6, 6.07) is -1.12. The van der Waals surface area contributed by atoms with Crippen molar-refractivity contribution in [3.63, 3.8) is 0 Å². The lowest BCUT2D eigenvalue weighted by molar-refractivity contribution is -0.189. The first-order valence-electron chi connectivity index (χ1n) is 27.3. The van der Waals surface area contributed by atoms with Gasteiger partial charge in [0.05, 0.1) is 31.0 Å². The van der Waals surface area contributed by atoms with E-state index in [9.17, 15) is 38.8 Å². The molecule has 2 saturated heterocycles. The predicted molar refractivity (Wildman–Crippen MR) is 283 cm³/mol. The van der Waals surface area contributed by atoms with Gasteiger partial charge in [0.25, 0.3) is 11.7 Å². The van der Waals surface area contributed by atoms with Gasteiger partial charge in [-0.05, 0) is 120 Å². The molecule has 3 heterocycles. The summed E-state index contributed by atoms with van der Waals surface area (Å²) in [5.41, 5.74) is -0.403. The molecule has 16 atom stereocenters. The number of nitrogens with zero attached hydrogens (tertiary/aromatic N) is 1. The fourth-order valence-corrected chi connectivity index (χ4v) is 12.5. The van der Waals surface area contributed by atoms with Crippen LogP contribution in [0.15, 0.2) is 47.6 Å². The Hall–Kier alpha value is -3.18. The first-order chi connectivity index (χ1) is 35.0. The number of methoxy groups -OCH3 is 3. The van der Waals surface area contributed by atoms with Gasteiger partial charge in [0.1, 0.15) is 35.7 Å². The van der Waals surface area contributed by atoms with Gasteiger partial charge in [-0.3, -0.25) is 23.7 Å². The van der Waals surface area contributed by atoms with Crippen LogP contribution in [0.5, 0.6) is 0 Å². The molecule has 1 amide bonds. The fourth-order valence-electron chi connectivity index (χ4n) is 11.3. The first kappa shape index (κ1) is 63.4. The number of aliphatic hydroxyl groups is 2. The zero-order chi connectivity index (χ0) is 54.9. The number of carbonyl (C=O) groups excluding carboxylic acids is 5. The minimum absolute atomic E-state index is 0.0117. The van der Waals surface area contributed by atoms with Crippen molar-refractivity contribution < 1.29 is 71.5 Å². The highest BCUT2D eigenvalue weighted by atomic mass is 31.2. The maximum Gasteiger partial charge on any atom is 0.329 e. The van der Waals surface area contributed by atoms with Crippen molar-refractivity contribution in [1.29, 1.82) is 0 Å². The number of piperidine rings is 1. The van der Waals surface area contributed by atoms with Gasteiger partial charge in [-0.25, -0.2) is 4.79 Å². The van der Waals surface area contributed by atoms with E-state index in [1.165, 1.54) is 18.7 Å². The number of hydrogen-bond donors (Lipinski definition) is 2. The zero-order valence-electron chi connectivity index (χ0n) is 46.7. The second-order valence-electron chi connectivity index (χ2n) is 22.0. The minimum atomic E-state index is -3.35. The Morgan fingerprint density at radius 2 is 1.62 bits per heavy atom. The Labute approximate surface area is 442 Å².